The minimum absolute atomic E-state index is 0.177. The van der Waals surface area contributed by atoms with Gasteiger partial charge >= 0.3 is 0 Å². The Morgan fingerprint density at radius 1 is 1.50 bits per heavy atom. The highest BCUT2D eigenvalue weighted by molar-refractivity contribution is 6.03. The van der Waals surface area contributed by atoms with Crippen molar-refractivity contribution in [3.63, 3.8) is 0 Å². The highest BCUT2D eigenvalue weighted by atomic mass is 16.1. The van der Waals surface area contributed by atoms with Crippen LogP contribution in [0.3, 0.4) is 0 Å². The summed E-state index contributed by atoms with van der Waals surface area (Å²) in [5.74, 6) is 0.535. The first-order valence-electron chi connectivity index (χ1n) is 6.65. The van der Waals surface area contributed by atoms with Gasteiger partial charge in [0.15, 0.2) is 5.78 Å². The van der Waals surface area contributed by atoms with Gasteiger partial charge in [0.05, 0.1) is 5.56 Å². The molecule has 1 saturated heterocycles. The third-order valence-electron chi connectivity index (χ3n) is 3.85. The summed E-state index contributed by atoms with van der Waals surface area (Å²) in [5.41, 5.74) is 6.19. The first-order chi connectivity index (χ1) is 8.69. The van der Waals surface area contributed by atoms with Crippen molar-refractivity contribution in [1.82, 2.24) is 10.3 Å². The molecule has 0 aliphatic carbocycles. The van der Waals surface area contributed by atoms with Crippen molar-refractivity contribution in [3.05, 3.63) is 23.9 Å². The number of Topliss-reactive ketones (excluding diaryl/α,β-unsaturated/α-hetero) is 1. The third-order valence-corrected chi connectivity index (χ3v) is 3.85. The van der Waals surface area contributed by atoms with Gasteiger partial charge < -0.3 is 11.1 Å². The lowest BCUT2D eigenvalue weighted by Crippen LogP contribution is -2.42. The Labute approximate surface area is 108 Å². The van der Waals surface area contributed by atoms with E-state index in [1.807, 2.05) is 0 Å². The van der Waals surface area contributed by atoms with Gasteiger partial charge in [0.2, 0.25) is 0 Å². The molecule has 0 unspecified atom stereocenters. The minimum atomic E-state index is -0.239. The maximum Gasteiger partial charge on any atom is 0.172 e. The zero-order valence-corrected chi connectivity index (χ0v) is 10.9. The number of hydrogen-bond donors (Lipinski definition) is 2. The monoisotopic (exact) mass is 247 g/mol. The largest absolute Gasteiger partial charge is 0.383 e. The second-order valence-corrected chi connectivity index (χ2v) is 5.05. The van der Waals surface area contributed by atoms with Gasteiger partial charge in [0.1, 0.15) is 5.82 Å². The molecule has 1 aliphatic heterocycles. The number of pyridine rings is 1. The van der Waals surface area contributed by atoms with E-state index in [1.54, 1.807) is 18.3 Å². The van der Waals surface area contributed by atoms with Crippen LogP contribution in [0.2, 0.25) is 0 Å². The van der Waals surface area contributed by atoms with E-state index < -0.39 is 0 Å². The standard InChI is InChI=1S/C14H21N3O/c1-2-5-14(6-9-16-10-7-14)12(18)11-4-3-8-17-13(11)15/h3-4,8,16H,2,5-7,9-10H2,1H3,(H2,15,17). The van der Waals surface area contributed by atoms with Crippen LogP contribution in [0.15, 0.2) is 18.3 Å². The molecule has 0 bridgehead atoms. The molecule has 0 atom stereocenters. The summed E-state index contributed by atoms with van der Waals surface area (Å²) in [6.45, 7) is 3.95. The number of nitrogen functional groups attached to an aromatic ring is 1. The summed E-state index contributed by atoms with van der Waals surface area (Å²) >= 11 is 0. The summed E-state index contributed by atoms with van der Waals surface area (Å²) in [5, 5.41) is 3.32. The molecule has 0 amide bonds. The number of rotatable bonds is 4. The van der Waals surface area contributed by atoms with Gasteiger partial charge in [-0.1, -0.05) is 13.3 Å². The second-order valence-electron chi connectivity index (χ2n) is 5.05. The molecule has 3 N–H and O–H groups in total. The predicted octanol–water partition coefficient (Wildman–Crippen LogP) is 2.02. The average Bonchev–Trinajstić information content (AvgIpc) is 2.40. The molecule has 4 nitrogen and oxygen atoms in total. The number of carbonyl (C=O) groups is 1. The Kier molecular flexibility index (Phi) is 3.97. The quantitative estimate of drug-likeness (QED) is 0.799. The van der Waals surface area contributed by atoms with Crippen LogP contribution in [0.4, 0.5) is 5.82 Å². The fourth-order valence-corrected chi connectivity index (χ4v) is 2.87. The van der Waals surface area contributed by atoms with Crippen molar-refractivity contribution < 1.29 is 4.79 Å². The summed E-state index contributed by atoms with van der Waals surface area (Å²) in [6.07, 6.45) is 5.37. The molecule has 0 aromatic carbocycles. The van der Waals surface area contributed by atoms with Gasteiger partial charge in [-0.3, -0.25) is 4.79 Å². The number of piperidine rings is 1. The second kappa shape index (κ2) is 5.48. The lowest BCUT2D eigenvalue weighted by atomic mass is 9.70. The molecule has 1 fully saturated rings. The zero-order chi connectivity index (χ0) is 13.0. The number of aromatic nitrogens is 1. The molecule has 1 aromatic rings. The zero-order valence-electron chi connectivity index (χ0n) is 10.9. The number of nitrogens with two attached hydrogens (primary N) is 1. The van der Waals surface area contributed by atoms with Crippen molar-refractivity contribution in [2.45, 2.75) is 32.6 Å². The van der Waals surface area contributed by atoms with Crippen molar-refractivity contribution in [3.8, 4) is 0 Å². The lowest BCUT2D eigenvalue weighted by molar-refractivity contribution is 0.0705. The van der Waals surface area contributed by atoms with Crippen LogP contribution in [-0.4, -0.2) is 23.9 Å². The number of ketones is 1. The number of anilines is 1. The Morgan fingerprint density at radius 3 is 2.83 bits per heavy atom. The molecule has 1 aliphatic rings. The molecular weight excluding hydrogens is 226 g/mol. The van der Waals surface area contributed by atoms with Crippen molar-refractivity contribution in [1.29, 1.82) is 0 Å². The number of hydrogen-bond acceptors (Lipinski definition) is 4. The lowest BCUT2D eigenvalue weighted by Gasteiger charge is -2.36. The first-order valence-corrected chi connectivity index (χ1v) is 6.65. The maximum absolute atomic E-state index is 12.8. The van der Waals surface area contributed by atoms with E-state index in [0.717, 1.165) is 38.8 Å². The van der Waals surface area contributed by atoms with E-state index in [9.17, 15) is 4.79 Å². The smallest absolute Gasteiger partial charge is 0.172 e. The van der Waals surface area contributed by atoms with Crippen LogP contribution in [0.25, 0.3) is 0 Å². The average molecular weight is 247 g/mol. The minimum Gasteiger partial charge on any atom is -0.383 e. The first kappa shape index (κ1) is 13.0. The van der Waals surface area contributed by atoms with Gasteiger partial charge in [-0.25, -0.2) is 4.98 Å². The molecule has 0 spiro atoms. The van der Waals surface area contributed by atoms with Crippen LogP contribution in [0, 0.1) is 5.41 Å². The Morgan fingerprint density at radius 2 is 2.22 bits per heavy atom. The molecular formula is C14H21N3O. The Bertz CT molecular complexity index is 419. The normalized spacial score (nSPS) is 18.5. The fraction of sp³-hybridized carbons (Fsp3) is 0.571. The van der Waals surface area contributed by atoms with Gasteiger partial charge in [-0.15, -0.1) is 0 Å². The molecule has 0 radical (unpaired) electrons. The number of carbonyl (C=O) groups excluding carboxylic acids is 1. The van der Waals surface area contributed by atoms with Crippen molar-refractivity contribution in [2.75, 3.05) is 18.8 Å². The highest BCUT2D eigenvalue weighted by Crippen LogP contribution is 2.38. The molecule has 4 heteroatoms. The van der Waals surface area contributed by atoms with E-state index in [-0.39, 0.29) is 11.2 Å². The van der Waals surface area contributed by atoms with E-state index >= 15 is 0 Å². The van der Waals surface area contributed by atoms with E-state index in [1.165, 1.54) is 0 Å². The number of nitrogens with one attached hydrogen (secondary N) is 1. The van der Waals surface area contributed by atoms with Crippen LogP contribution < -0.4 is 11.1 Å². The SMILES string of the molecule is CCCC1(C(=O)c2cccnc2N)CCNCC1. The summed E-state index contributed by atoms with van der Waals surface area (Å²) in [4.78, 5) is 16.8. The summed E-state index contributed by atoms with van der Waals surface area (Å²) in [7, 11) is 0. The maximum atomic E-state index is 12.8. The van der Waals surface area contributed by atoms with Crippen molar-refractivity contribution in [2.24, 2.45) is 5.41 Å². The molecule has 18 heavy (non-hydrogen) atoms. The van der Waals surface area contributed by atoms with Gasteiger partial charge in [-0.05, 0) is 44.5 Å². The summed E-state index contributed by atoms with van der Waals surface area (Å²) < 4.78 is 0. The van der Waals surface area contributed by atoms with Crippen LogP contribution in [0.5, 0.6) is 0 Å². The van der Waals surface area contributed by atoms with Gasteiger partial charge in [0.25, 0.3) is 0 Å². The molecule has 1 aromatic heterocycles. The molecule has 98 valence electrons. The molecule has 0 saturated carbocycles. The van der Waals surface area contributed by atoms with Crippen molar-refractivity contribution >= 4 is 11.6 Å². The van der Waals surface area contributed by atoms with Gasteiger partial charge in [-0.2, -0.15) is 0 Å². The summed E-state index contributed by atoms with van der Waals surface area (Å²) in [6, 6.07) is 3.58. The predicted molar refractivity (Wildman–Crippen MR) is 72.4 cm³/mol. The Hall–Kier alpha value is -1.42. The van der Waals surface area contributed by atoms with E-state index in [2.05, 4.69) is 17.2 Å². The van der Waals surface area contributed by atoms with Gasteiger partial charge in [0, 0.05) is 11.6 Å². The Balaban J connectivity index is 2.31. The number of nitrogens with zero attached hydrogens (tertiary/aromatic N) is 1. The van der Waals surface area contributed by atoms with Crippen LogP contribution in [-0.2, 0) is 0 Å². The molecule has 2 heterocycles. The van der Waals surface area contributed by atoms with Crippen LogP contribution in [0.1, 0.15) is 43.0 Å². The fourth-order valence-electron chi connectivity index (χ4n) is 2.87. The third kappa shape index (κ3) is 2.38. The highest BCUT2D eigenvalue weighted by Gasteiger charge is 2.39. The topological polar surface area (TPSA) is 68.0 Å². The molecule has 2 rings (SSSR count). The van der Waals surface area contributed by atoms with E-state index in [4.69, 9.17) is 5.73 Å². The van der Waals surface area contributed by atoms with Crippen LogP contribution >= 0.6 is 0 Å². The van der Waals surface area contributed by atoms with E-state index in [0.29, 0.717) is 11.4 Å².